The molecule has 1 aromatic heterocycles. The number of fused-ring (bicyclic) bond motifs is 1. The maximum absolute atomic E-state index is 4.22. The van der Waals surface area contributed by atoms with Gasteiger partial charge in [0, 0.05) is 8.95 Å². The van der Waals surface area contributed by atoms with E-state index in [2.05, 4.69) is 36.8 Å². The zero-order valence-corrected chi connectivity index (χ0v) is 9.33. The molecule has 0 N–H and O–H groups in total. The van der Waals surface area contributed by atoms with Gasteiger partial charge in [-0.3, -0.25) is 0 Å². The van der Waals surface area contributed by atoms with Crippen LogP contribution in [0.5, 0.6) is 0 Å². The molecule has 0 atom stereocenters. The molecule has 1 aromatic carbocycles. The molecule has 0 amide bonds. The van der Waals surface area contributed by atoms with Crippen LogP contribution in [0.15, 0.2) is 26.6 Å². The Morgan fingerprint density at radius 3 is 2.64 bits per heavy atom. The predicted molar refractivity (Wildman–Crippen MR) is 55.0 cm³/mol. The summed E-state index contributed by atoms with van der Waals surface area (Å²) < 4.78 is 3.36. The SMILES string of the molecule is Brc1ccc(Br)c2scnc12. The number of nitrogens with zero attached hydrogens (tertiary/aromatic N) is 1. The van der Waals surface area contributed by atoms with Crippen molar-refractivity contribution in [2.75, 3.05) is 0 Å². The highest BCUT2D eigenvalue weighted by atomic mass is 79.9. The van der Waals surface area contributed by atoms with Gasteiger partial charge in [0.2, 0.25) is 0 Å². The van der Waals surface area contributed by atoms with Crippen molar-refractivity contribution in [2.45, 2.75) is 0 Å². The Bertz CT molecular complexity index is 360. The lowest BCUT2D eigenvalue weighted by atomic mass is 10.3. The fourth-order valence-electron chi connectivity index (χ4n) is 0.887. The third-order valence-corrected chi connectivity index (χ3v) is 3.81. The van der Waals surface area contributed by atoms with Gasteiger partial charge in [-0.05, 0) is 44.0 Å². The molecular formula is C7H3Br2NS. The molecule has 1 nitrogen and oxygen atoms in total. The number of aromatic nitrogens is 1. The third-order valence-electron chi connectivity index (χ3n) is 1.39. The van der Waals surface area contributed by atoms with Gasteiger partial charge in [0.25, 0.3) is 0 Å². The Hall–Kier alpha value is 0.0700. The van der Waals surface area contributed by atoms with E-state index in [1.54, 1.807) is 11.3 Å². The molecular weight excluding hydrogens is 290 g/mol. The normalized spacial score (nSPS) is 10.7. The highest BCUT2D eigenvalue weighted by Crippen LogP contribution is 2.31. The Morgan fingerprint density at radius 2 is 1.91 bits per heavy atom. The van der Waals surface area contributed by atoms with Crippen LogP contribution in [0.4, 0.5) is 0 Å². The minimum absolute atomic E-state index is 1.03. The molecule has 0 aliphatic heterocycles. The first-order valence-electron chi connectivity index (χ1n) is 2.96. The lowest BCUT2D eigenvalue weighted by Crippen LogP contribution is -1.70. The smallest absolute Gasteiger partial charge is 0.0965 e. The number of hydrogen-bond donors (Lipinski definition) is 0. The molecule has 4 heteroatoms. The summed E-state index contributed by atoms with van der Waals surface area (Å²) >= 11 is 8.53. The van der Waals surface area contributed by atoms with E-state index in [4.69, 9.17) is 0 Å². The summed E-state index contributed by atoms with van der Waals surface area (Å²) in [6.07, 6.45) is 0. The molecule has 0 bridgehead atoms. The van der Waals surface area contributed by atoms with Gasteiger partial charge in [-0.25, -0.2) is 4.98 Å². The molecule has 0 aliphatic rings. The molecule has 11 heavy (non-hydrogen) atoms. The van der Waals surface area contributed by atoms with E-state index in [-0.39, 0.29) is 0 Å². The van der Waals surface area contributed by atoms with Crippen LogP contribution in [-0.2, 0) is 0 Å². The summed E-state index contributed by atoms with van der Waals surface area (Å²) in [5, 5.41) is 0. The summed E-state index contributed by atoms with van der Waals surface area (Å²) in [4.78, 5) is 4.22. The average molecular weight is 293 g/mol. The van der Waals surface area contributed by atoms with E-state index in [1.165, 1.54) is 4.70 Å². The largest absolute Gasteiger partial charge is 0.243 e. The fourth-order valence-corrected chi connectivity index (χ4v) is 2.77. The summed E-state index contributed by atoms with van der Waals surface area (Å²) in [5.41, 5.74) is 2.88. The van der Waals surface area contributed by atoms with Crippen molar-refractivity contribution in [1.82, 2.24) is 4.98 Å². The highest BCUT2D eigenvalue weighted by molar-refractivity contribution is 9.11. The predicted octanol–water partition coefficient (Wildman–Crippen LogP) is 3.82. The summed E-state index contributed by atoms with van der Waals surface area (Å²) in [6, 6.07) is 4.01. The van der Waals surface area contributed by atoms with Crippen molar-refractivity contribution in [3.8, 4) is 0 Å². The van der Waals surface area contributed by atoms with Crippen molar-refractivity contribution in [3.05, 3.63) is 26.6 Å². The highest BCUT2D eigenvalue weighted by Gasteiger charge is 2.03. The number of thiazole rings is 1. The minimum Gasteiger partial charge on any atom is -0.243 e. The molecule has 1 heterocycles. The zero-order chi connectivity index (χ0) is 7.84. The molecule has 0 fully saturated rings. The Kier molecular flexibility index (Phi) is 1.99. The number of hydrogen-bond acceptors (Lipinski definition) is 2. The average Bonchev–Trinajstić information content (AvgIpc) is 2.45. The van der Waals surface area contributed by atoms with E-state index in [1.807, 2.05) is 17.6 Å². The second-order valence-electron chi connectivity index (χ2n) is 2.06. The second kappa shape index (κ2) is 2.84. The van der Waals surface area contributed by atoms with Crippen molar-refractivity contribution < 1.29 is 0 Å². The lowest BCUT2D eigenvalue weighted by Gasteiger charge is -1.93. The third kappa shape index (κ3) is 1.23. The van der Waals surface area contributed by atoms with Crippen molar-refractivity contribution in [2.24, 2.45) is 0 Å². The monoisotopic (exact) mass is 291 g/mol. The maximum atomic E-state index is 4.22. The van der Waals surface area contributed by atoms with Gasteiger partial charge in [-0.2, -0.15) is 0 Å². The molecule has 0 spiro atoms. The number of halogens is 2. The van der Waals surface area contributed by atoms with E-state index < -0.39 is 0 Å². The molecule has 0 saturated heterocycles. The van der Waals surface area contributed by atoms with Crippen LogP contribution < -0.4 is 0 Å². The molecule has 0 radical (unpaired) electrons. The van der Waals surface area contributed by atoms with Crippen LogP contribution in [0, 0.1) is 0 Å². The molecule has 0 saturated carbocycles. The number of benzene rings is 1. The molecule has 2 rings (SSSR count). The van der Waals surface area contributed by atoms with Gasteiger partial charge >= 0.3 is 0 Å². The van der Waals surface area contributed by atoms with Gasteiger partial charge in [-0.15, -0.1) is 11.3 Å². The quantitative estimate of drug-likeness (QED) is 0.719. The van der Waals surface area contributed by atoms with Gasteiger partial charge in [0.15, 0.2) is 0 Å². The fraction of sp³-hybridized carbons (Fsp3) is 0. The Labute approximate surface area is 84.7 Å². The molecule has 2 aromatic rings. The molecule has 0 unspecified atom stereocenters. The Balaban J connectivity index is 2.96. The van der Waals surface area contributed by atoms with Crippen LogP contribution in [-0.4, -0.2) is 4.98 Å². The van der Waals surface area contributed by atoms with Gasteiger partial charge in [-0.1, -0.05) is 0 Å². The van der Waals surface area contributed by atoms with Crippen LogP contribution in [0.2, 0.25) is 0 Å². The summed E-state index contributed by atoms with van der Waals surface area (Å²) in [5.74, 6) is 0. The first-order chi connectivity index (χ1) is 5.29. The Morgan fingerprint density at radius 1 is 1.18 bits per heavy atom. The van der Waals surface area contributed by atoms with Gasteiger partial charge < -0.3 is 0 Å². The molecule has 0 aliphatic carbocycles. The number of rotatable bonds is 0. The van der Waals surface area contributed by atoms with E-state index in [9.17, 15) is 0 Å². The van der Waals surface area contributed by atoms with Crippen molar-refractivity contribution >= 4 is 53.4 Å². The minimum atomic E-state index is 1.03. The topological polar surface area (TPSA) is 12.9 Å². The standard InChI is InChI=1S/C7H3Br2NS/c8-4-1-2-5(9)7-6(4)10-3-11-7/h1-3H. The summed E-state index contributed by atoms with van der Waals surface area (Å²) in [6.45, 7) is 0. The van der Waals surface area contributed by atoms with E-state index in [0.29, 0.717) is 0 Å². The van der Waals surface area contributed by atoms with Crippen LogP contribution in [0.3, 0.4) is 0 Å². The summed E-state index contributed by atoms with van der Waals surface area (Å²) in [7, 11) is 0. The molecule has 56 valence electrons. The van der Waals surface area contributed by atoms with Crippen LogP contribution in [0.25, 0.3) is 10.2 Å². The first kappa shape index (κ1) is 7.71. The second-order valence-corrected chi connectivity index (χ2v) is 4.62. The maximum Gasteiger partial charge on any atom is 0.0965 e. The first-order valence-corrected chi connectivity index (χ1v) is 5.43. The van der Waals surface area contributed by atoms with E-state index >= 15 is 0 Å². The lowest BCUT2D eigenvalue weighted by molar-refractivity contribution is 1.48. The van der Waals surface area contributed by atoms with Gasteiger partial charge in [0.1, 0.15) is 0 Å². The van der Waals surface area contributed by atoms with Gasteiger partial charge in [0.05, 0.1) is 15.7 Å². The van der Waals surface area contributed by atoms with Crippen molar-refractivity contribution in [1.29, 1.82) is 0 Å². The van der Waals surface area contributed by atoms with Crippen LogP contribution >= 0.6 is 43.2 Å². The van der Waals surface area contributed by atoms with Crippen molar-refractivity contribution in [3.63, 3.8) is 0 Å². The zero-order valence-electron chi connectivity index (χ0n) is 5.34. The van der Waals surface area contributed by atoms with Crippen LogP contribution in [0.1, 0.15) is 0 Å². The van der Waals surface area contributed by atoms with E-state index in [0.717, 1.165) is 14.5 Å².